The van der Waals surface area contributed by atoms with E-state index in [-0.39, 0.29) is 4.90 Å². The van der Waals surface area contributed by atoms with Gasteiger partial charge in [-0.25, -0.2) is 0 Å². The van der Waals surface area contributed by atoms with Crippen molar-refractivity contribution in [2.45, 2.75) is 89.9 Å². The van der Waals surface area contributed by atoms with E-state index >= 15 is 0 Å². The van der Waals surface area contributed by atoms with Gasteiger partial charge in [0.1, 0.15) is 0 Å². The van der Waals surface area contributed by atoms with Gasteiger partial charge in [-0.3, -0.25) is 4.55 Å². The highest BCUT2D eigenvalue weighted by molar-refractivity contribution is 7.85. The third kappa shape index (κ3) is 10.6. The lowest BCUT2D eigenvalue weighted by atomic mass is 9.85. The maximum absolute atomic E-state index is 12.8. The van der Waals surface area contributed by atoms with E-state index in [1.54, 1.807) is 6.07 Å². The van der Waals surface area contributed by atoms with Crippen LogP contribution in [0.2, 0.25) is 0 Å². The van der Waals surface area contributed by atoms with Crippen molar-refractivity contribution in [1.82, 2.24) is 0 Å². The Morgan fingerprint density at radius 1 is 0.509 bits per heavy atom. The number of nitrogens with zero attached hydrogens (tertiary/aromatic N) is 2. The Morgan fingerprint density at radius 2 is 0.887 bits per heavy atom. The molecular weight excluding hydrogens is 673 g/mol. The molecule has 2 unspecified atom stereocenters. The second kappa shape index (κ2) is 19.6. The molecule has 0 amide bonds. The fraction of sp³-hybridized carbons (Fsp3) is 0.362. The van der Waals surface area contributed by atoms with Crippen molar-refractivity contribution in [3.63, 3.8) is 0 Å². The largest absolute Gasteiger partial charge is 0.341 e. The summed E-state index contributed by atoms with van der Waals surface area (Å²) in [7, 11) is -4.47. The van der Waals surface area contributed by atoms with Crippen molar-refractivity contribution in [2.75, 3.05) is 22.9 Å². The summed E-state index contributed by atoms with van der Waals surface area (Å²) in [6.07, 6.45) is 9.43. The fourth-order valence-electron chi connectivity index (χ4n) is 7.49. The maximum Gasteiger partial charge on any atom is 0.294 e. The molecule has 0 aliphatic carbocycles. The molecule has 0 radical (unpaired) electrons. The summed E-state index contributed by atoms with van der Waals surface area (Å²) in [5.41, 5.74) is 6.96. The molecule has 0 fully saturated rings. The van der Waals surface area contributed by atoms with Gasteiger partial charge in [-0.15, -0.1) is 0 Å². The minimum Gasteiger partial charge on any atom is -0.341 e. The normalized spacial score (nSPS) is 13.3. The highest BCUT2D eigenvalue weighted by atomic mass is 32.2. The Labute approximate surface area is 319 Å². The van der Waals surface area contributed by atoms with Crippen LogP contribution in [0, 0.1) is 11.8 Å². The second-order valence-electron chi connectivity index (χ2n) is 14.4. The molecule has 280 valence electrons. The van der Waals surface area contributed by atoms with E-state index in [9.17, 15) is 13.0 Å². The Hall–Kier alpha value is -4.39. The van der Waals surface area contributed by atoms with Gasteiger partial charge in [-0.2, -0.15) is 8.42 Å². The smallest absolute Gasteiger partial charge is 0.294 e. The standard InChI is InChI=1S/C47H58N2O3S/c1-5-9-19-37(7-3)35-48(41-21-13-11-14-22-41)43-31-27-39(28-32-43)47(45-25-17-18-26-46(45)53(50,51)52)40-29-33-44(34-30-40)49(42-23-15-12-16-24-42)36-38(8-4)20-10-6-2/h11-18,21-34,37-38,47H,5-10,19-20,35-36H2,1-4H3,(H,50,51,52). The van der Waals surface area contributed by atoms with Gasteiger partial charge in [0.15, 0.2) is 0 Å². The highest BCUT2D eigenvalue weighted by Gasteiger charge is 2.26. The van der Waals surface area contributed by atoms with Crippen LogP contribution in [-0.4, -0.2) is 26.1 Å². The first-order valence-electron chi connectivity index (χ1n) is 19.7. The minimum atomic E-state index is -4.47. The number of para-hydroxylation sites is 2. The third-order valence-corrected chi connectivity index (χ3v) is 11.6. The van der Waals surface area contributed by atoms with Crippen LogP contribution < -0.4 is 9.80 Å². The predicted molar refractivity (Wildman–Crippen MR) is 224 cm³/mol. The Morgan fingerprint density at radius 3 is 1.26 bits per heavy atom. The molecule has 0 aromatic heterocycles. The van der Waals surface area contributed by atoms with E-state index < -0.39 is 16.0 Å². The zero-order valence-electron chi connectivity index (χ0n) is 32.1. The molecule has 0 spiro atoms. The molecule has 0 bridgehead atoms. The monoisotopic (exact) mass is 730 g/mol. The summed E-state index contributed by atoms with van der Waals surface area (Å²) in [6, 6.07) is 45.0. The first-order chi connectivity index (χ1) is 25.8. The third-order valence-electron chi connectivity index (χ3n) is 10.7. The van der Waals surface area contributed by atoms with Gasteiger partial charge in [-0.05, 0) is 96.0 Å². The van der Waals surface area contributed by atoms with Crippen molar-refractivity contribution in [2.24, 2.45) is 11.8 Å². The molecule has 2 atom stereocenters. The van der Waals surface area contributed by atoms with Gasteiger partial charge in [-0.1, -0.05) is 145 Å². The zero-order valence-corrected chi connectivity index (χ0v) is 32.9. The topological polar surface area (TPSA) is 60.9 Å². The van der Waals surface area contributed by atoms with Crippen molar-refractivity contribution in [3.05, 3.63) is 150 Å². The van der Waals surface area contributed by atoms with E-state index in [1.807, 2.05) is 12.1 Å². The van der Waals surface area contributed by atoms with Gasteiger partial charge < -0.3 is 9.80 Å². The lowest BCUT2D eigenvalue weighted by Gasteiger charge is -2.30. The van der Waals surface area contributed by atoms with E-state index in [0.29, 0.717) is 17.4 Å². The average molecular weight is 731 g/mol. The summed E-state index contributed by atoms with van der Waals surface area (Å²) in [5, 5.41) is 0. The predicted octanol–water partition coefficient (Wildman–Crippen LogP) is 12.8. The molecule has 6 heteroatoms. The van der Waals surface area contributed by atoms with Gasteiger partial charge in [0.25, 0.3) is 10.1 Å². The van der Waals surface area contributed by atoms with E-state index in [0.717, 1.165) is 59.8 Å². The molecule has 0 heterocycles. The number of anilines is 4. The first-order valence-corrected chi connectivity index (χ1v) is 21.1. The molecule has 0 aliphatic rings. The molecule has 1 N–H and O–H groups in total. The fourth-order valence-corrected chi connectivity index (χ4v) is 8.22. The summed E-state index contributed by atoms with van der Waals surface area (Å²) < 4.78 is 35.9. The van der Waals surface area contributed by atoms with Crippen LogP contribution in [0.1, 0.15) is 102 Å². The number of hydrogen-bond donors (Lipinski definition) is 1. The molecule has 5 aromatic rings. The molecule has 0 aliphatic heterocycles. The van der Waals surface area contributed by atoms with Crippen LogP contribution in [-0.2, 0) is 10.1 Å². The molecule has 53 heavy (non-hydrogen) atoms. The molecule has 5 aromatic carbocycles. The van der Waals surface area contributed by atoms with E-state index in [2.05, 4.69) is 147 Å². The number of unbranched alkanes of at least 4 members (excludes halogenated alkanes) is 2. The SMILES string of the molecule is CCCCC(CC)CN(c1ccccc1)c1ccc(C(c2ccc(N(CC(CC)CCCC)c3ccccc3)cc2)c2ccccc2S(=O)(=O)O)cc1. The Balaban J connectivity index is 1.56. The van der Waals surface area contributed by atoms with E-state index in [4.69, 9.17) is 0 Å². The molecular formula is C47H58N2O3S. The van der Waals surface area contributed by atoms with Gasteiger partial charge >= 0.3 is 0 Å². The Bertz CT molecular complexity index is 1810. The quantitative estimate of drug-likeness (QED) is 0.0638. The Kier molecular flexibility index (Phi) is 14.7. The number of hydrogen-bond acceptors (Lipinski definition) is 4. The number of benzene rings is 5. The van der Waals surface area contributed by atoms with E-state index in [1.165, 1.54) is 44.6 Å². The molecule has 5 rings (SSSR count). The summed E-state index contributed by atoms with van der Waals surface area (Å²) >= 11 is 0. The van der Waals surface area contributed by atoms with Gasteiger partial charge in [0.2, 0.25) is 0 Å². The van der Waals surface area contributed by atoms with Crippen molar-refractivity contribution < 1.29 is 13.0 Å². The summed E-state index contributed by atoms with van der Waals surface area (Å²) in [6.45, 7) is 10.9. The minimum absolute atomic E-state index is 0.0709. The lowest BCUT2D eigenvalue weighted by Crippen LogP contribution is -2.25. The first kappa shape index (κ1) is 39.8. The van der Waals surface area contributed by atoms with Crippen molar-refractivity contribution >= 4 is 32.9 Å². The molecule has 0 saturated carbocycles. The van der Waals surface area contributed by atoms with Crippen LogP contribution in [0.5, 0.6) is 0 Å². The maximum atomic E-state index is 12.8. The van der Waals surface area contributed by atoms with Crippen LogP contribution in [0.15, 0.2) is 138 Å². The highest BCUT2D eigenvalue weighted by Crippen LogP contribution is 2.39. The average Bonchev–Trinajstić information content (AvgIpc) is 3.19. The van der Waals surface area contributed by atoms with Gasteiger partial charge in [0.05, 0.1) is 4.90 Å². The summed E-state index contributed by atoms with van der Waals surface area (Å²) in [4.78, 5) is 4.75. The lowest BCUT2D eigenvalue weighted by molar-refractivity contribution is 0.458. The summed E-state index contributed by atoms with van der Waals surface area (Å²) in [5.74, 6) is 0.710. The zero-order chi connectivity index (χ0) is 37.6. The van der Waals surface area contributed by atoms with Crippen LogP contribution >= 0.6 is 0 Å². The van der Waals surface area contributed by atoms with Gasteiger partial charge in [0, 0.05) is 41.8 Å². The number of rotatable bonds is 20. The molecule has 0 saturated heterocycles. The van der Waals surface area contributed by atoms with Crippen LogP contribution in [0.25, 0.3) is 0 Å². The second-order valence-corrected chi connectivity index (χ2v) is 15.7. The molecule has 5 nitrogen and oxygen atoms in total. The van der Waals surface area contributed by atoms with Crippen molar-refractivity contribution in [1.29, 1.82) is 0 Å². The van der Waals surface area contributed by atoms with Crippen molar-refractivity contribution in [3.8, 4) is 0 Å². The van der Waals surface area contributed by atoms with Crippen LogP contribution in [0.3, 0.4) is 0 Å². The van der Waals surface area contributed by atoms with Crippen LogP contribution in [0.4, 0.5) is 22.7 Å².